The van der Waals surface area contributed by atoms with Gasteiger partial charge in [0.25, 0.3) is 5.91 Å². The summed E-state index contributed by atoms with van der Waals surface area (Å²) in [5.74, 6) is 0.586. The highest BCUT2D eigenvalue weighted by atomic mass is 16.6. The van der Waals surface area contributed by atoms with Crippen LogP contribution in [0.3, 0.4) is 0 Å². The van der Waals surface area contributed by atoms with E-state index >= 15 is 0 Å². The van der Waals surface area contributed by atoms with Crippen molar-refractivity contribution in [2.24, 2.45) is 0 Å². The maximum atomic E-state index is 12.7. The van der Waals surface area contributed by atoms with Crippen molar-refractivity contribution < 1.29 is 14.3 Å². The number of tetrazole rings is 1. The highest BCUT2D eigenvalue weighted by molar-refractivity contribution is 5.94. The first-order chi connectivity index (χ1) is 17.2. The Bertz CT molecular complexity index is 1190. The van der Waals surface area contributed by atoms with Crippen LogP contribution in [0.25, 0.3) is 11.4 Å². The molecule has 0 aliphatic carbocycles. The third-order valence-corrected chi connectivity index (χ3v) is 7.25. The van der Waals surface area contributed by atoms with Crippen LogP contribution in [0.15, 0.2) is 48.5 Å². The van der Waals surface area contributed by atoms with Gasteiger partial charge in [0.05, 0.1) is 19.3 Å². The molecule has 3 aliphatic heterocycles. The van der Waals surface area contributed by atoms with Gasteiger partial charge in [-0.05, 0) is 67.0 Å². The number of benzene rings is 2. The summed E-state index contributed by atoms with van der Waals surface area (Å²) in [5.41, 5.74) is 3.99. The lowest BCUT2D eigenvalue weighted by Crippen LogP contribution is -2.44. The number of carbonyl (C=O) groups excluding carboxylic acids is 1. The van der Waals surface area contributed by atoms with Crippen LogP contribution in [0.2, 0.25) is 0 Å². The number of amides is 1. The van der Waals surface area contributed by atoms with Crippen molar-refractivity contribution in [3.05, 3.63) is 65.2 Å². The molecule has 3 aromatic rings. The normalized spacial score (nSPS) is 26.2. The Morgan fingerprint density at radius 3 is 2.69 bits per heavy atom. The van der Waals surface area contributed by atoms with E-state index in [0.29, 0.717) is 24.6 Å². The Labute approximate surface area is 204 Å². The molecule has 1 aromatic heterocycles. The molecule has 182 valence electrons. The molecule has 0 radical (unpaired) electrons. The van der Waals surface area contributed by atoms with Gasteiger partial charge >= 0.3 is 0 Å². The first kappa shape index (κ1) is 22.3. The summed E-state index contributed by atoms with van der Waals surface area (Å²) in [6.07, 6.45) is 2.07. The van der Waals surface area contributed by atoms with Crippen molar-refractivity contribution >= 4 is 5.91 Å². The summed E-state index contributed by atoms with van der Waals surface area (Å²) < 4.78 is 14.1. The zero-order valence-electron chi connectivity index (χ0n) is 19.8. The van der Waals surface area contributed by atoms with Gasteiger partial charge in [-0.15, -0.1) is 5.10 Å². The SMILES string of the molecule is Cc1ccc(C(=O)N[C@@H]2CO[C@@H]3[C@@H]2OC[C@@H]3n2nnnc2-c2cccc(CN3CCCC3)c2)cc1. The van der Waals surface area contributed by atoms with Crippen LogP contribution in [0.5, 0.6) is 0 Å². The molecule has 0 bridgehead atoms. The molecule has 6 rings (SSSR count). The number of nitrogens with one attached hydrogen (secondary N) is 1. The maximum Gasteiger partial charge on any atom is 0.251 e. The number of carbonyl (C=O) groups is 1. The van der Waals surface area contributed by atoms with Crippen molar-refractivity contribution in [3.8, 4) is 11.4 Å². The lowest BCUT2D eigenvalue weighted by Gasteiger charge is -2.18. The standard InChI is InChI=1S/C26H30N6O3/c1-17-7-9-19(10-8-17)26(33)27-21-15-34-24-22(16-35-23(21)24)32-25(28-29-30-32)20-6-4-5-18(13-20)14-31-11-2-3-12-31/h4-10,13,21-24H,2-3,11-12,14-16H2,1H3,(H,27,33)/t21-,22+,23-,24+/m1/s1. The van der Waals surface area contributed by atoms with Crippen molar-refractivity contribution in [1.82, 2.24) is 30.4 Å². The van der Waals surface area contributed by atoms with Crippen LogP contribution in [-0.4, -0.2) is 75.6 Å². The highest BCUT2D eigenvalue weighted by Crippen LogP contribution is 2.36. The van der Waals surface area contributed by atoms with Crippen molar-refractivity contribution in [1.29, 1.82) is 0 Å². The molecule has 1 amide bonds. The molecule has 0 unspecified atom stereocenters. The van der Waals surface area contributed by atoms with Crippen molar-refractivity contribution in [3.63, 3.8) is 0 Å². The van der Waals surface area contributed by atoms with Gasteiger partial charge in [-0.25, -0.2) is 4.68 Å². The van der Waals surface area contributed by atoms with E-state index in [1.165, 1.54) is 18.4 Å². The molecular formula is C26H30N6O3. The molecule has 3 saturated heterocycles. The number of ether oxygens (including phenoxy) is 2. The molecule has 0 spiro atoms. The van der Waals surface area contributed by atoms with Gasteiger partial charge in [0.15, 0.2) is 5.82 Å². The maximum absolute atomic E-state index is 12.7. The first-order valence-electron chi connectivity index (χ1n) is 12.4. The van der Waals surface area contributed by atoms with E-state index in [9.17, 15) is 4.79 Å². The second-order valence-corrected chi connectivity index (χ2v) is 9.74. The summed E-state index contributed by atoms with van der Waals surface area (Å²) in [7, 11) is 0. The number of hydrogen-bond donors (Lipinski definition) is 1. The molecule has 2 aromatic carbocycles. The highest BCUT2D eigenvalue weighted by Gasteiger charge is 2.50. The predicted octanol–water partition coefficient (Wildman–Crippen LogP) is 2.38. The number of fused-ring (bicyclic) bond motifs is 1. The smallest absolute Gasteiger partial charge is 0.251 e. The monoisotopic (exact) mass is 474 g/mol. The lowest BCUT2D eigenvalue weighted by atomic mass is 10.0. The van der Waals surface area contributed by atoms with Crippen LogP contribution < -0.4 is 5.32 Å². The lowest BCUT2D eigenvalue weighted by molar-refractivity contribution is 0.0615. The van der Waals surface area contributed by atoms with Crippen LogP contribution in [0, 0.1) is 6.92 Å². The summed E-state index contributed by atoms with van der Waals surface area (Å²) in [6, 6.07) is 15.6. The zero-order valence-corrected chi connectivity index (χ0v) is 19.8. The van der Waals surface area contributed by atoms with Gasteiger partial charge in [-0.3, -0.25) is 9.69 Å². The van der Waals surface area contributed by atoms with Crippen molar-refractivity contribution in [2.75, 3.05) is 26.3 Å². The Morgan fingerprint density at radius 2 is 1.86 bits per heavy atom. The van der Waals surface area contributed by atoms with E-state index in [-0.39, 0.29) is 30.2 Å². The number of aromatic nitrogens is 4. The van der Waals surface area contributed by atoms with Gasteiger partial charge in [0.2, 0.25) is 0 Å². The summed E-state index contributed by atoms with van der Waals surface area (Å²) in [6.45, 7) is 6.08. The Kier molecular flexibility index (Phi) is 6.05. The van der Waals surface area contributed by atoms with Gasteiger partial charge in [-0.1, -0.05) is 35.9 Å². The number of aryl methyl sites for hydroxylation is 1. The Hall–Kier alpha value is -3.14. The van der Waals surface area contributed by atoms with Crippen molar-refractivity contribution in [2.45, 2.75) is 50.6 Å². The molecule has 9 nitrogen and oxygen atoms in total. The molecule has 3 fully saturated rings. The molecule has 0 saturated carbocycles. The zero-order chi connectivity index (χ0) is 23.8. The summed E-state index contributed by atoms with van der Waals surface area (Å²) in [4.78, 5) is 15.2. The van der Waals surface area contributed by atoms with Crippen LogP contribution >= 0.6 is 0 Å². The molecule has 1 N–H and O–H groups in total. The minimum absolute atomic E-state index is 0.121. The molecule has 4 atom stereocenters. The first-order valence-corrected chi connectivity index (χ1v) is 12.4. The molecule has 4 heterocycles. The van der Waals surface area contributed by atoms with E-state index in [4.69, 9.17) is 9.47 Å². The van der Waals surface area contributed by atoms with Crippen LogP contribution in [0.4, 0.5) is 0 Å². The van der Waals surface area contributed by atoms with E-state index < -0.39 is 0 Å². The molecule has 35 heavy (non-hydrogen) atoms. The fraction of sp³-hybridized carbons (Fsp3) is 0.462. The fourth-order valence-corrected chi connectivity index (χ4v) is 5.38. The molecular weight excluding hydrogens is 444 g/mol. The third-order valence-electron chi connectivity index (χ3n) is 7.25. The predicted molar refractivity (Wildman–Crippen MR) is 129 cm³/mol. The quantitative estimate of drug-likeness (QED) is 0.586. The Morgan fingerprint density at radius 1 is 1.06 bits per heavy atom. The van der Waals surface area contributed by atoms with Crippen LogP contribution in [0.1, 0.15) is 40.4 Å². The van der Waals surface area contributed by atoms with E-state index in [2.05, 4.69) is 43.9 Å². The number of rotatable bonds is 6. The topological polar surface area (TPSA) is 94.4 Å². The third kappa shape index (κ3) is 4.47. The fourth-order valence-electron chi connectivity index (χ4n) is 5.38. The van der Waals surface area contributed by atoms with Gasteiger partial charge < -0.3 is 14.8 Å². The molecule has 3 aliphatic rings. The van der Waals surface area contributed by atoms with E-state index in [1.54, 1.807) is 0 Å². The average Bonchev–Trinajstić information content (AvgIpc) is 3.66. The average molecular weight is 475 g/mol. The summed E-state index contributed by atoms with van der Waals surface area (Å²) in [5, 5.41) is 15.7. The minimum Gasteiger partial charge on any atom is -0.371 e. The van der Waals surface area contributed by atoms with E-state index in [1.807, 2.05) is 41.9 Å². The summed E-state index contributed by atoms with van der Waals surface area (Å²) >= 11 is 0. The van der Waals surface area contributed by atoms with Gasteiger partial charge in [0.1, 0.15) is 18.2 Å². The van der Waals surface area contributed by atoms with Gasteiger partial charge in [-0.2, -0.15) is 0 Å². The van der Waals surface area contributed by atoms with Gasteiger partial charge in [0, 0.05) is 17.7 Å². The number of hydrogen-bond acceptors (Lipinski definition) is 7. The largest absolute Gasteiger partial charge is 0.371 e. The molecule has 9 heteroatoms. The number of likely N-dealkylation sites (tertiary alicyclic amines) is 1. The second-order valence-electron chi connectivity index (χ2n) is 9.74. The van der Waals surface area contributed by atoms with E-state index in [0.717, 1.165) is 30.8 Å². The number of nitrogens with zero attached hydrogens (tertiary/aromatic N) is 5. The second kappa shape index (κ2) is 9.49. The Balaban J connectivity index is 1.16. The van der Waals surface area contributed by atoms with Crippen LogP contribution in [-0.2, 0) is 16.0 Å². The minimum atomic E-state index is -0.243.